The van der Waals surface area contributed by atoms with Crippen molar-refractivity contribution >= 4 is 12.1 Å². The summed E-state index contributed by atoms with van der Waals surface area (Å²) >= 11 is 0. The van der Waals surface area contributed by atoms with Crippen LogP contribution in [0.25, 0.3) is 0 Å². The van der Waals surface area contributed by atoms with Crippen LogP contribution in [-0.4, -0.2) is 54.8 Å². The van der Waals surface area contributed by atoms with Gasteiger partial charge < -0.3 is 19.5 Å². The van der Waals surface area contributed by atoms with E-state index in [2.05, 4.69) is 26.1 Å². The minimum Gasteiger partial charge on any atom is -0.469 e. The van der Waals surface area contributed by atoms with Crippen molar-refractivity contribution in [1.82, 2.24) is 10.4 Å². The highest BCUT2D eigenvalue weighted by Crippen LogP contribution is 2.70. The molecule has 8 nitrogen and oxygen atoms in total. The summed E-state index contributed by atoms with van der Waals surface area (Å²) in [5.74, 6) is -0.147. The van der Waals surface area contributed by atoms with E-state index in [1.165, 1.54) is 7.11 Å². The van der Waals surface area contributed by atoms with E-state index in [4.69, 9.17) is 19.0 Å². The van der Waals surface area contributed by atoms with Crippen molar-refractivity contribution in [2.75, 3.05) is 7.11 Å². The Morgan fingerprint density at radius 2 is 1.97 bits per heavy atom. The molecule has 2 heterocycles. The molecule has 0 spiro atoms. The molecule has 1 amide bonds. The summed E-state index contributed by atoms with van der Waals surface area (Å²) in [6.07, 6.45) is 1.26. The van der Waals surface area contributed by atoms with Crippen LogP contribution in [0.5, 0.6) is 0 Å². The van der Waals surface area contributed by atoms with Crippen molar-refractivity contribution < 1.29 is 28.6 Å². The van der Waals surface area contributed by atoms with Gasteiger partial charge in [-0.25, -0.2) is 4.79 Å². The highest BCUT2D eigenvalue weighted by molar-refractivity contribution is 5.72. The Labute approximate surface area is 201 Å². The standard InChI is InChI=1S/C26H36N2O6/c1-15-20(18(13-19(29)31-5)27-24(30)32-14-16-9-7-6-8-10-16)23-28(34-15)21-17-11-12-26(4,22(21)33-23)25(17,2)3/h6-10,15,17-18,20-23H,11-14H2,1-5H3,(H,27,30)/t15-,17+,18-,20+,21+,22+,23-,26-/m0/s1. The maximum absolute atomic E-state index is 12.7. The Hall–Kier alpha value is -2.16. The van der Waals surface area contributed by atoms with E-state index in [0.29, 0.717) is 5.92 Å². The van der Waals surface area contributed by atoms with Crippen LogP contribution in [0.4, 0.5) is 4.79 Å². The molecule has 1 aromatic carbocycles. The van der Waals surface area contributed by atoms with Crippen LogP contribution in [0.1, 0.15) is 52.5 Å². The molecular formula is C26H36N2O6. The smallest absolute Gasteiger partial charge is 0.407 e. The summed E-state index contributed by atoms with van der Waals surface area (Å²) < 4.78 is 17.1. The SMILES string of the molecule is COC(=O)C[C@H](NC(=O)OCc1ccccc1)[C@H]1[C@H](C)ON2[C@@H]3[C@H]4CC[C@@](C)([C@@H]3O[C@@H]12)C4(C)C. The lowest BCUT2D eigenvalue weighted by molar-refractivity contribution is -0.193. The van der Waals surface area contributed by atoms with E-state index in [1.54, 1.807) is 0 Å². The molecule has 0 unspecified atom stereocenters. The fourth-order valence-corrected chi connectivity index (χ4v) is 7.05. The third-order valence-corrected chi connectivity index (χ3v) is 9.31. The van der Waals surface area contributed by atoms with Crippen LogP contribution in [-0.2, 0) is 30.4 Å². The first kappa shape index (κ1) is 23.6. The topological polar surface area (TPSA) is 86.3 Å². The number of hydrogen-bond donors (Lipinski definition) is 1. The summed E-state index contributed by atoms with van der Waals surface area (Å²) in [7, 11) is 1.35. The Bertz CT molecular complexity index is 938. The monoisotopic (exact) mass is 472 g/mol. The van der Waals surface area contributed by atoms with Gasteiger partial charge in [0.2, 0.25) is 0 Å². The fraction of sp³-hybridized carbons (Fsp3) is 0.692. The summed E-state index contributed by atoms with van der Waals surface area (Å²) in [5.41, 5.74) is 1.14. The van der Waals surface area contributed by atoms with Gasteiger partial charge in [-0.2, -0.15) is 5.06 Å². The Balaban J connectivity index is 1.33. The van der Waals surface area contributed by atoms with Crippen LogP contribution >= 0.6 is 0 Å². The van der Waals surface area contributed by atoms with Crippen molar-refractivity contribution in [2.45, 2.75) is 84.1 Å². The lowest BCUT2D eigenvalue weighted by Gasteiger charge is -2.39. The molecule has 2 saturated carbocycles. The number of rotatable bonds is 6. The molecular weight excluding hydrogens is 436 g/mol. The van der Waals surface area contributed by atoms with Gasteiger partial charge in [0.1, 0.15) is 12.8 Å². The molecule has 2 aliphatic heterocycles. The number of carbonyl (C=O) groups excluding carboxylic acids is 2. The van der Waals surface area contributed by atoms with Gasteiger partial charge >= 0.3 is 12.1 Å². The van der Waals surface area contributed by atoms with Crippen molar-refractivity contribution in [1.29, 1.82) is 0 Å². The van der Waals surface area contributed by atoms with Crippen molar-refractivity contribution in [3.05, 3.63) is 35.9 Å². The second-order valence-corrected chi connectivity index (χ2v) is 11.1. The number of nitrogens with one attached hydrogen (secondary N) is 1. The highest BCUT2D eigenvalue weighted by Gasteiger charge is 2.74. The number of alkyl carbamates (subject to hydrolysis) is 1. The number of fused-ring (bicyclic) bond motifs is 7. The average Bonchev–Trinajstić information content (AvgIpc) is 3.44. The van der Waals surface area contributed by atoms with Crippen molar-refractivity contribution in [3.8, 4) is 0 Å². The third kappa shape index (κ3) is 3.53. The average molecular weight is 473 g/mol. The zero-order valence-electron chi connectivity index (χ0n) is 20.7. The highest BCUT2D eigenvalue weighted by atomic mass is 16.8. The molecule has 2 aliphatic carbocycles. The first-order chi connectivity index (χ1) is 16.2. The molecule has 4 fully saturated rings. The van der Waals surface area contributed by atoms with Crippen LogP contribution < -0.4 is 5.32 Å². The summed E-state index contributed by atoms with van der Waals surface area (Å²) in [5, 5.41) is 4.96. The number of esters is 1. The number of hydrogen-bond acceptors (Lipinski definition) is 7. The van der Waals surface area contributed by atoms with E-state index < -0.39 is 18.1 Å². The Morgan fingerprint density at radius 1 is 1.24 bits per heavy atom. The number of methoxy groups -OCH3 is 1. The Morgan fingerprint density at radius 3 is 2.68 bits per heavy atom. The number of amides is 1. The number of hydroxylamine groups is 2. The minimum absolute atomic E-state index is 0.0184. The predicted molar refractivity (Wildman–Crippen MR) is 123 cm³/mol. The largest absolute Gasteiger partial charge is 0.469 e. The third-order valence-electron chi connectivity index (χ3n) is 9.31. The maximum Gasteiger partial charge on any atom is 0.407 e. The van der Waals surface area contributed by atoms with Gasteiger partial charge in [0.25, 0.3) is 0 Å². The van der Waals surface area contributed by atoms with Crippen LogP contribution in [0.2, 0.25) is 0 Å². The van der Waals surface area contributed by atoms with Crippen molar-refractivity contribution in [3.63, 3.8) is 0 Å². The molecule has 8 atom stereocenters. The molecule has 8 heteroatoms. The van der Waals surface area contributed by atoms with E-state index in [1.807, 2.05) is 42.3 Å². The molecule has 5 rings (SSSR count). The number of benzene rings is 1. The normalized spacial score (nSPS) is 38.3. The number of carbonyl (C=O) groups is 2. The van der Waals surface area contributed by atoms with Gasteiger partial charge in [-0.3, -0.25) is 9.63 Å². The molecule has 1 aromatic rings. The molecule has 0 radical (unpaired) electrons. The van der Waals surface area contributed by atoms with Gasteiger partial charge in [0, 0.05) is 11.3 Å². The summed E-state index contributed by atoms with van der Waals surface area (Å²) in [6, 6.07) is 9.14. The second-order valence-electron chi connectivity index (χ2n) is 11.1. The van der Waals surface area contributed by atoms with E-state index >= 15 is 0 Å². The predicted octanol–water partition coefficient (Wildman–Crippen LogP) is 3.65. The Kier molecular flexibility index (Phi) is 5.89. The van der Waals surface area contributed by atoms with Gasteiger partial charge in [0.15, 0.2) is 0 Å². The van der Waals surface area contributed by atoms with Gasteiger partial charge in [-0.15, -0.1) is 0 Å². The van der Waals surface area contributed by atoms with Crippen molar-refractivity contribution in [2.24, 2.45) is 22.7 Å². The number of ether oxygens (including phenoxy) is 3. The molecule has 2 bridgehead atoms. The van der Waals surface area contributed by atoms with Crippen LogP contribution in [0.15, 0.2) is 30.3 Å². The molecule has 1 N–H and O–H groups in total. The fourth-order valence-electron chi connectivity index (χ4n) is 7.05. The summed E-state index contributed by atoms with van der Waals surface area (Å²) in [6.45, 7) is 9.16. The zero-order chi connectivity index (χ0) is 24.3. The number of nitrogens with zero attached hydrogens (tertiary/aromatic N) is 1. The summed E-state index contributed by atoms with van der Waals surface area (Å²) in [4.78, 5) is 31.4. The van der Waals surface area contributed by atoms with E-state index in [9.17, 15) is 9.59 Å². The second kappa shape index (κ2) is 8.50. The molecule has 186 valence electrons. The maximum atomic E-state index is 12.7. The minimum atomic E-state index is -0.574. The lowest BCUT2D eigenvalue weighted by atomic mass is 9.70. The van der Waals surface area contributed by atoms with Crippen LogP contribution in [0, 0.1) is 22.7 Å². The lowest BCUT2D eigenvalue weighted by Crippen LogP contribution is -2.49. The zero-order valence-corrected chi connectivity index (χ0v) is 20.7. The van der Waals surface area contributed by atoms with Crippen LogP contribution in [0.3, 0.4) is 0 Å². The molecule has 4 aliphatic rings. The van der Waals surface area contributed by atoms with Gasteiger partial charge in [-0.05, 0) is 36.7 Å². The van der Waals surface area contributed by atoms with Gasteiger partial charge in [-0.1, -0.05) is 51.1 Å². The quantitative estimate of drug-likeness (QED) is 0.633. The van der Waals surface area contributed by atoms with E-state index in [0.717, 1.165) is 18.4 Å². The molecule has 0 aromatic heterocycles. The first-order valence-electron chi connectivity index (χ1n) is 12.3. The van der Waals surface area contributed by atoms with E-state index in [-0.39, 0.29) is 54.3 Å². The van der Waals surface area contributed by atoms with Gasteiger partial charge in [0.05, 0.1) is 37.8 Å². The first-order valence-corrected chi connectivity index (χ1v) is 12.3. The molecule has 2 saturated heterocycles. The molecule has 34 heavy (non-hydrogen) atoms.